The third-order valence-electron chi connectivity index (χ3n) is 5.39. The van der Waals surface area contributed by atoms with Gasteiger partial charge in [0, 0.05) is 18.8 Å². The van der Waals surface area contributed by atoms with Gasteiger partial charge in [-0.3, -0.25) is 4.98 Å². The van der Waals surface area contributed by atoms with E-state index in [1.807, 2.05) is 18.2 Å². The summed E-state index contributed by atoms with van der Waals surface area (Å²) in [6.07, 6.45) is 14.6. The van der Waals surface area contributed by atoms with Gasteiger partial charge < -0.3 is 10.1 Å². The van der Waals surface area contributed by atoms with Crippen LogP contribution in [0.15, 0.2) is 90.0 Å². The van der Waals surface area contributed by atoms with Crippen molar-refractivity contribution < 1.29 is 4.74 Å². The second-order valence-electron chi connectivity index (χ2n) is 7.72. The van der Waals surface area contributed by atoms with Crippen LogP contribution >= 0.6 is 0 Å². The predicted molar refractivity (Wildman–Crippen MR) is 121 cm³/mol. The molecule has 1 aliphatic heterocycles. The number of hydrogen-bond acceptors (Lipinski definition) is 3. The van der Waals surface area contributed by atoms with Crippen molar-refractivity contribution in [2.45, 2.75) is 39.5 Å². The van der Waals surface area contributed by atoms with Crippen molar-refractivity contribution >= 4 is 0 Å². The summed E-state index contributed by atoms with van der Waals surface area (Å²) >= 11 is 0. The fourth-order valence-corrected chi connectivity index (χ4v) is 3.57. The Bertz CT molecular complexity index is 819. The van der Waals surface area contributed by atoms with Crippen LogP contribution in [0.25, 0.3) is 0 Å². The SMILES string of the molecule is CC1=CCC(Oc2ccccc2CC2CCNCC2)=C(C)C=C1.c1ccncc1. The summed E-state index contributed by atoms with van der Waals surface area (Å²) in [4.78, 5) is 3.78. The lowest BCUT2D eigenvalue weighted by molar-refractivity contribution is 0.361. The van der Waals surface area contributed by atoms with E-state index >= 15 is 0 Å². The highest BCUT2D eigenvalue weighted by atomic mass is 16.5. The van der Waals surface area contributed by atoms with E-state index in [-0.39, 0.29) is 0 Å². The minimum Gasteiger partial charge on any atom is -0.461 e. The molecule has 0 unspecified atom stereocenters. The van der Waals surface area contributed by atoms with Crippen molar-refractivity contribution in [3.05, 3.63) is 95.6 Å². The Labute approximate surface area is 175 Å². The molecule has 2 aromatic rings. The van der Waals surface area contributed by atoms with Crippen molar-refractivity contribution in [3.8, 4) is 5.75 Å². The summed E-state index contributed by atoms with van der Waals surface area (Å²) in [5.74, 6) is 2.87. The van der Waals surface area contributed by atoms with Gasteiger partial charge in [0.25, 0.3) is 0 Å². The fourth-order valence-electron chi connectivity index (χ4n) is 3.57. The monoisotopic (exact) mass is 388 g/mol. The molecule has 2 heterocycles. The third kappa shape index (κ3) is 7.03. The van der Waals surface area contributed by atoms with Crippen LogP contribution in [0.3, 0.4) is 0 Å². The van der Waals surface area contributed by atoms with Gasteiger partial charge in [-0.2, -0.15) is 0 Å². The number of para-hydroxylation sites is 1. The summed E-state index contributed by atoms with van der Waals surface area (Å²) in [5.41, 5.74) is 3.86. The fraction of sp³-hybridized carbons (Fsp3) is 0.346. The number of hydrogen-bond donors (Lipinski definition) is 1. The Hall–Kier alpha value is -2.65. The van der Waals surface area contributed by atoms with Gasteiger partial charge in [-0.15, -0.1) is 0 Å². The largest absolute Gasteiger partial charge is 0.461 e. The lowest BCUT2D eigenvalue weighted by atomic mass is 9.90. The molecule has 0 radical (unpaired) electrons. The van der Waals surface area contributed by atoms with Gasteiger partial charge in [0.2, 0.25) is 0 Å². The highest BCUT2D eigenvalue weighted by molar-refractivity contribution is 5.38. The van der Waals surface area contributed by atoms with E-state index in [9.17, 15) is 0 Å². The van der Waals surface area contributed by atoms with Gasteiger partial charge in [0.05, 0.1) is 0 Å². The molecule has 0 saturated carbocycles. The maximum Gasteiger partial charge on any atom is 0.130 e. The smallest absolute Gasteiger partial charge is 0.130 e. The zero-order chi connectivity index (χ0) is 20.3. The molecule has 1 aliphatic carbocycles. The van der Waals surface area contributed by atoms with Crippen molar-refractivity contribution in [2.75, 3.05) is 13.1 Å². The standard InChI is InChI=1S/C21H27NO.C5H5N/c1-16-7-9-17(2)20(10-8-16)23-21-6-4-3-5-19(21)15-18-11-13-22-14-12-18;1-2-4-6-5-3-1/h3-9,18,22H,10-15H2,1-2H3;1-5H. The molecular weight excluding hydrogens is 356 g/mol. The zero-order valence-electron chi connectivity index (χ0n) is 17.6. The molecule has 3 heteroatoms. The average Bonchev–Trinajstić information content (AvgIpc) is 2.93. The van der Waals surface area contributed by atoms with Crippen molar-refractivity contribution in [2.24, 2.45) is 5.92 Å². The molecule has 0 bridgehead atoms. The summed E-state index contributed by atoms with van der Waals surface area (Å²) in [5, 5.41) is 3.44. The number of piperidine rings is 1. The molecular formula is C26H32N2O. The minimum absolute atomic E-state index is 0.771. The van der Waals surface area contributed by atoms with E-state index in [1.54, 1.807) is 12.4 Å². The van der Waals surface area contributed by atoms with Crippen LogP contribution in [0.4, 0.5) is 0 Å². The molecule has 1 aromatic heterocycles. The number of benzene rings is 1. The van der Waals surface area contributed by atoms with Crippen molar-refractivity contribution in [1.82, 2.24) is 10.3 Å². The first kappa shape index (κ1) is 21.1. The normalized spacial score (nSPS) is 17.1. The molecule has 0 amide bonds. The number of ether oxygens (including phenoxy) is 1. The van der Waals surface area contributed by atoms with Crippen LogP contribution in [0.5, 0.6) is 5.75 Å². The number of nitrogens with zero attached hydrogens (tertiary/aromatic N) is 1. The third-order valence-corrected chi connectivity index (χ3v) is 5.39. The van der Waals surface area contributed by atoms with Crippen LogP contribution < -0.4 is 10.1 Å². The van der Waals surface area contributed by atoms with Crippen LogP contribution in [0.1, 0.15) is 38.7 Å². The van der Waals surface area contributed by atoms with E-state index < -0.39 is 0 Å². The molecule has 152 valence electrons. The average molecular weight is 389 g/mol. The van der Waals surface area contributed by atoms with E-state index in [1.165, 1.54) is 29.6 Å². The van der Waals surface area contributed by atoms with E-state index in [0.717, 1.165) is 43.4 Å². The molecule has 0 atom stereocenters. The second-order valence-corrected chi connectivity index (χ2v) is 7.72. The Morgan fingerprint density at radius 2 is 1.72 bits per heavy atom. The molecule has 3 nitrogen and oxygen atoms in total. The second kappa shape index (κ2) is 11.4. The molecule has 1 saturated heterocycles. The first-order valence-corrected chi connectivity index (χ1v) is 10.6. The van der Waals surface area contributed by atoms with Crippen molar-refractivity contribution in [1.29, 1.82) is 0 Å². The minimum atomic E-state index is 0.771. The number of rotatable bonds is 4. The molecule has 0 spiro atoms. The molecule has 4 rings (SSSR count). The Kier molecular flexibility index (Phi) is 8.26. The first-order valence-electron chi connectivity index (χ1n) is 10.6. The molecule has 1 fully saturated rings. The Morgan fingerprint density at radius 3 is 2.41 bits per heavy atom. The predicted octanol–water partition coefficient (Wildman–Crippen LogP) is 5.87. The van der Waals surface area contributed by atoms with Crippen LogP contribution in [-0.2, 0) is 6.42 Å². The lowest BCUT2D eigenvalue weighted by Gasteiger charge is -2.23. The van der Waals surface area contributed by atoms with E-state index in [0.29, 0.717) is 0 Å². The summed E-state index contributed by atoms with van der Waals surface area (Å²) in [7, 11) is 0. The maximum atomic E-state index is 6.34. The summed E-state index contributed by atoms with van der Waals surface area (Å²) in [6, 6.07) is 14.3. The highest BCUT2D eigenvalue weighted by Crippen LogP contribution is 2.29. The molecule has 2 aliphatic rings. The first-order chi connectivity index (χ1) is 14.2. The highest BCUT2D eigenvalue weighted by Gasteiger charge is 2.16. The topological polar surface area (TPSA) is 34.1 Å². The van der Waals surface area contributed by atoms with Crippen LogP contribution in [0, 0.1) is 5.92 Å². The number of nitrogens with one attached hydrogen (secondary N) is 1. The van der Waals surface area contributed by atoms with Gasteiger partial charge in [-0.25, -0.2) is 0 Å². The van der Waals surface area contributed by atoms with Gasteiger partial charge in [0.1, 0.15) is 11.5 Å². The van der Waals surface area contributed by atoms with Crippen LogP contribution in [-0.4, -0.2) is 18.1 Å². The van der Waals surface area contributed by atoms with Gasteiger partial charge >= 0.3 is 0 Å². The molecule has 1 aromatic carbocycles. The Morgan fingerprint density at radius 1 is 0.966 bits per heavy atom. The zero-order valence-corrected chi connectivity index (χ0v) is 17.6. The van der Waals surface area contributed by atoms with Gasteiger partial charge in [0.15, 0.2) is 0 Å². The Balaban J connectivity index is 0.000000343. The summed E-state index contributed by atoms with van der Waals surface area (Å²) in [6.45, 7) is 6.56. The van der Waals surface area contributed by atoms with Gasteiger partial charge in [-0.1, -0.05) is 48.1 Å². The summed E-state index contributed by atoms with van der Waals surface area (Å²) < 4.78 is 6.34. The number of allylic oxidation sites excluding steroid dienone is 5. The lowest BCUT2D eigenvalue weighted by Crippen LogP contribution is -2.28. The number of aromatic nitrogens is 1. The quantitative estimate of drug-likeness (QED) is 0.711. The van der Waals surface area contributed by atoms with Crippen molar-refractivity contribution in [3.63, 3.8) is 0 Å². The number of pyridine rings is 1. The maximum absolute atomic E-state index is 6.34. The van der Waals surface area contributed by atoms with E-state index in [4.69, 9.17) is 4.74 Å². The van der Waals surface area contributed by atoms with E-state index in [2.05, 4.69) is 66.6 Å². The molecule has 1 N–H and O–H groups in total. The molecule has 29 heavy (non-hydrogen) atoms. The van der Waals surface area contributed by atoms with Gasteiger partial charge in [-0.05, 0) is 81.5 Å². The van der Waals surface area contributed by atoms with Crippen LogP contribution in [0.2, 0.25) is 0 Å².